The number of hydrogen-bond acceptors (Lipinski definition) is 5. The van der Waals surface area contributed by atoms with Gasteiger partial charge in [0.1, 0.15) is 5.75 Å². The fourth-order valence-corrected chi connectivity index (χ4v) is 2.78. The van der Waals surface area contributed by atoms with E-state index in [1.54, 1.807) is 7.11 Å². The molecule has 0 atom stereocenters. The monoisotopic (exact) mass is 287 g/mol. The highest BCUT2D eigenvalue weighted by Crippen LogP contribution is 2.37. The van der Waals surface area contributed by atoms with Gasteiger partial charge in [-0.25, -0.2) is 0 Å². The van der Waals surface area contributed by atoms with Crippen LogP contribution < -0.4 is 10.1 Å². The largest absolute Gasteiger partial charge is 0.497 e. The van der Waals surface area contributed by atoms with Crippen LogP contribution in [-0.4, -0.2) is 29.8 Å². The average Bonchev–Trinajstić information content (AvgIpc) is 2.87. The summed E-state index contributed by atoms with van der Waals surface area (Å²) in [6, 6.07) is 8.97. The first kappa shape index (κ1) is 14.1. The summed E-state index contributed by atoms with van der Waals surface area (Å²) < 4.78 is 10.2. The van der Waals surface area contributed by atoms with Gasteiger partial charge in [0, 0.05) is 25.9 Å². The Hall–Kier alpha value is -1.88. The molecule has 1 aromatic carbocycles. The Labute approximate surface area is 124 Å². The lowest BCUT2D eigenvalue weighted by Crippen LogP contribution is -2.41. The van der Waals surface area contributed by atoms with E-state index < -0.39 is 0 Å². The first-order valence-corrected chi connectivity index (χ1v) is 7.41. The van der Waals surface area contributed by atoms with E-state index in [4.69, 9.17) is 9.26 Å². The molecule has 112 valence electrons. The maximum Gasteiger partial charge on any atom is 0.223 e. The van der Waals surface area contributed by atoms with Crippen molar-refractivity contribution in [3.63, 3.8) is 0 Å². The highest BCUT2D eigenvalue weighted by atomic mass is 16.5. The van der Waals surface area contributed by atoms with Crippen LogP contribution in [0.15, 0.2) is 28.8 Å². The second kappa shape index (κ2) is 6.26. The number of ether oxygens (including phenoxy) is 1. The van der Waals surface area contributed by atoms with Gasteiger partial charge in [-0.1, -0.05) is 17.3 Å². The predicted octanol–water partition coefficient (Wildman–Crippen LogP) is 2.46. The summed E-state index contributed by atoms with van der Waals surface area (Å²) >= 11 is 0. The average molecular weight is 287 g/mol. The molecule has 1 fully saturated rings. The number of aromatic nitrogens is 2. The lowest BCUT2D eigenvalue weighted by Gasteiger charge is -2.36. The summed E-state index contributed by atoms with van der Waals surface area (Å²) in [5, 5.41) is 7.45. The lowest BCUT2D eigenvalue weighted by atomic mass is 9.76. The molecule has 0 unspecified atom stereocenters. The number of nitrogens with one attached hydrogen (secondary N) is 1. The van der Waals surface area contributed by atoms with Gasteiger partial charge in [0.05, 0.1) is 7.11 Å². The number of hydrogen-bond donors (Lipinski definition) is 1. The molecule has 2 aromatic rings. The Morgan fingerprint density at radius 2 is 2.24 bits per heavy atom. The van der Waals surface area contributed by atoms with Crippen molar-refractivity contribution in [3.05, 3.63) is 41.5 Å². The standard InChI is InChI=1S/C16H21N3O2/c1-11-18-16(19-21-11)6-7-17-14-8-13(9-14)12-4-3-5-15(10-12)20-2/h3-5,10,13-14,17H,6-9H2,1-2H3. The molecule has 0 saturated heterocycles. The van der Waals surface area contributed by atoms with E-state index in [-0.39, 0.29) is 0 Å². The number of rotatable bonds is 6. The van der Waals surface area contributed by atoms with E-state index in [0.29, 0.717) is 17.9 Å². The summed E-state index contributed by atoms with van der Waals surface area (Å²) in [6.07, 6.45) is 3.18. The van der Waals surface area contributed by atoms with Crippen molar-refractivity contribution in [1.29, 1.82) is 0 Å². The Kier molecular flexibility index (Phi) is 4.20. The Bertz CT molecular complexity index is 591. The summed E-state index contributed by atoms with van der Waals surface area (Å²) in [4.78, 5) is 4.20. The van der Waals surface area contributed by atoms with Crippen LogP contribution in [0.2, 0.25) is 0 Å². The van der Waals surface area contributed by atoms with E-state index in [0.717, 1.165) is 24.5 Å². The van der Waals surface area contributed by atoms with E-state index in [9.17, 15) is 0 Å². The lowest BCUT2D eigenvalue weighted by molar-refractivity contribution is 0.291. The minimum absolute atomic E-state index is 0.592. The van der Waals surface area contributed by atoms with E-state index in [1.165, 1.54) is 18.4 Å². The van der Waals surface area contributed by atoms with Crippen molar-refractivity contribution in [2.24, 2.45) is 0 Å². The van der Waals surface area contributed by atoms with Crippen LogP contribution in [0.4, 0.5) is 0 Å². The Morgan fingerprint density at radius 3 is 2.95 bits per heavy atom. The van der Waals surface area contributed by atoms with Crippen LogP contribution in [0.3, 0.4) is 0 Å². The zero-order chi connectivity index (χ0) is 14.7. The fraction of sp³-hybridized carbons (Fsp3) is 0.500. The van der Waals surface area contributed by atoms with Crippen LogP contribution in [0.25, 0.3) is 0 Å². The van der Waals surface area contributed by atoms with Crippen LogP contribution >= 0.6 is 0 Å². The molecule has 5 heteroatoms. The van der Waals surface area contributed by atoms with Gasteiger partial charge in [0.25, 0.3) is 0 Å². The van der Waals surface area contributed by atoms with E-state index in [2.05, 4.69) is 33.7 Å². The maximum absolute atomic E-state index is 5.28. The minimum atomic E-state index is 0.592. The number of methoxy groups -OCH3 is 1. The van der Waals surface area contributed by atoms with Crippen molar-refractivity contribution in [3.8, 4) is 5.75 Å². The van der Waals surface area contributed by atoms with Crippen LogP contribution in [0.1, 0.15) is 36.0 Å². The third-order valence-corrected chi connectivity index (χ3v) is 4.05. The topological polar surface area (TPSA) is 60.2 Å². The molecule has 3 rings (SSSR count). The van der Waals surface area contributed by atoms with Gasteiger partial charge in [-0.3, -0.25) is 0 Å². The van der Waals surface area contributed by atoms with Crippen molar-refractivity contribution in [1.82, 2.24) is 15.5 Å². The van der Waals surface area contributed by atoms with Crippen molar-refractivity contribution < 1.29 is 9.26 Å². The van der Waals surface area contributed by atoms with Crippen molar-refractivity contribution in [2.45, 2.75) is 38.1 Å². The van der Waals surface area contributed by atoms with Gasteiger partial charge in [0.15, 0.2) is 5.82 Å². The van der Waals surface area contributed by atoms with E-state index >= 15 is 0 Å². The van der Waals surface area contributed by atoms with Crippen LogP contribution in [0.5, 0.6) is 5.75 Å². The van der Waals surface area contributed by atoms with Gasteiger partial charge < -0.3 is 14.6 Å². The highest BCUT2D eigenvalue weighted by molar-refractivity contribution is 5.32. The molecule has 0 aliphatic heterocycles. The van der Waals surface area contributed by atoms with Gasteiger partial charge in [-0.05, 0) is 36.5 Å². The smallest absolute Gasteiger partial charge is 0.223 e. The summed E-state index contributed by atoms with van der Waals surface area (Å²) in [6.45, 7) is 2.71. The van der Waals surface area contributed by atoms with Gasteiger partial charge >= 0.3 is 0 Å². The molecular formula is C16H21N3O2. The molecule has 1 heterocycles. The molecule has 1 saturated carbocycles. The summed E-state index contributed by atoms with van der Waals surface area (Å²) in [7, 11) is 1.71. The quantitative estimate of drug-likeness (QED) is 0.884. The first-order chi connectivity index (χ1) is 10.2. The van der Waals surface area contributed by atoms with Crippen molar-refractivity contribution >= 4 is 0 Å². The van der Waals surface area contributed by atoms with Crippen LogP contribution in [-0.2, 0) is 6.42 Å². The molecule has 0 amide bonds. The molecule has 0 spiro atoms. The van der Waals surface area contributed by atoms with Crippen molar-refractivity contribution in [2.75, 3.05) is 13.7 Å². The van der Waals surface area contributed by atoms with Gasteiger partial charge in [-0.2, -0.15) is 4.98 Å². The molecule has 1 aromatic heterocycles. The third-order valence-electron chi connectivity index (χ3n) is 4.05. The van der Waals surface area contributed by atoms with Gasteiger partial charge in [0.2, 0.25) is 5.89 Å². The van der Waals surface area contributed by atoms with E-state index in [1.807, 2.05) is 13.0 Å². The van der Waals surface area contributed by atoms with Gasteiger partial charge in [-0.15, -0.1) is 0 Å². The second-order valence-corrected chi connectivity index (χ2v) is 5.58. The van der Waals surface area contributed by atoms with Crippen LogP contribution in [0, 0.1) is 6.92 Å². The normalized spacial score (nSPS) is 21.0. The summed E-state index contributed by atoms with van der Waals surface area (Å²) in [5.41, 5.74) is 1.38. The Balaban J connectivity index is 1.41. The SMILES string of the molecule is COc1cccc(C2CC(NCCc3noc(C)n3)C2)c1. The molecule has 5 nitrogen and oxygen atoms in total. The highest BCUT2D eigenvalue weighted by Gasteiger charge is 2.29. The molecule has 1 aliphatic carbocycles. The number of aryl methyl sites for hydroxylation is 1. The molecular weight excluding hydrogens is 266 g/mol. The molecule has 21 heavy (non-hydrogen) atoms. The maximum atomic E-state index is 5.28. The Morgan fingerprint density at radius 1 is 1.38 bits per heavy atom. The third kappa shape index (κ3) is 3.42. The predicted molar refractivity (Wildman–Crippen MR) is 79.5 cm³/mol. The zero-order valence-electron chi connectivity index (χ0n) is 12.5. The second-order valence-electron chi connectivity index (χ2n) is 5.58. The molecule has 1 N–H and O–H groups in total. The molecule has 1 aliphatic rings. The number of nitrogens with zero attached hydrogens (tertiary/aromatic N) is 2. The first-order valence-electron chi connectivity index (χ1n) is 7.41. The minimum Gasteiger partial charge on any atom is -0.497 e. The summed E-state index contributed by atoms with van der Waals surface area (Å²) in [5.74, 6) is 3.00. The molecule has 0 radical (unpaired) electrons. The zero-order valence-corrected chi connectivity index (χ0v) is 12.5. The number of benzene rings is 1. The molecule has 0 bridgehead atoms. The fourth-order valence-electron chi connectivity index (χ4n) is 2.78.